The average Bonchev–Trinajstić information content (AvgIpc) is 2.79. The molecule has 1 aliphatic rings. The molecule has 0 spiro atoms. The number of nitrogens with zero attached hydrogens (tertiary/aromatic N) is 1. The molecule has 0 saturated carbocycles. The van der Waals surface area contributed by atoms with Crippen LogP contribution in [-0.2, 0) is 16.1 Å². The highest BCUT2D eigenvalue weighted by molar-refractivity contribution is 5.94. The van der Waals surface area contributed by atoms with Crippen molar-refractivity contribution < 1.29 is 14.3 Å². The zero-order chi connectivity index (χ0) is 16.7. The predicted molar refractivity (Wildman–Crippen MR) is 89.1 cm³/mol. The highest BCUT2D eigenvalue weighted by Crippen LogP contribution is 2.19. The molecule has 23 heavy (non-hydrogen) atoms. The molecule has 1 aliphatic heterocycles. The fourth-order valence-electron chi connectivity index (χ4n) is 2.96. The van der Waals surface area contributed by atoms with E-state index in [2.05, 4.69) is 5.32 Å². The number of carbonyl (C=O) groups is 2. The number of benzene rings is 1. The molecule has 1 unspecified atom stereocenters. The van der Waals surface area contributed by atoms with Gasteiger partial charge in [0.15, 0.2) is 0 Å². The van der Waals surface area contributed by atoms with Gasteiger partial charge in [-0.25, -0.2) is 0 Å². The van der Waals surface area contributed by atoms with Gasteiger partial charge in [0.2, 0.25) is 5.91 Å². The summed E-state index contributed by atoms with van der Waals surface area (Å²) < 4.78 is 5.26. The molecule has 0 aromatic heterocycles. The van der Waals surface area contributed by atoms with Crippen LogP contribution in [0.15, 0.2) is 24.3 Å². The van der Waals surface area contributed by atoms with Gasteiger partial charge in [-0.3, -0.25) is 9.59 Å². The van der Waals surface area contributed by atoms with Crippen LogP contribution >= 0.6 is 0 Å². The Bertz CT molecular complexity index is 528. The summed E-state index contributed by atoms with van der Waals surface area (Å²) in [6.45, 7) is 4.27. The molecule has 0 aliphatic carbocycles. The van der Waals surface area contributed by atoms with E-state index in [1.165, 1.54) is 6.92 Å². The third-order valence-corrected chi connectivity index (χ3v) is 4.20. The van der Waals surface area contributed by atoms with Crippen molar-refractivity contribution in [1.82, 2.24) is 10.2 Å². The van der Waals surface area contributed by atoms with E-state index in [-0.39, 0.29) is 11.8 Å². The lowest BCUT2D eigenvalue weighted by Gasteiger charge is -2.24. The quantitative estimate of drug-likeness (QED) is 0.905. The standard InChI is InChI=1S/C18H26N2O3/c1-14(21)19-11-15-6-8-17(9-7-15)18(22)20-10-4-3-5-16(12-20)13-23-2/h6-9,16H,3-5,10-13H2,1-2H3,(H,19,21). The highest BCUT2D eigenvalue weighted by Gasteiger charge is 2.22. The molecule has 1 N–H and O–H groups in total. The van der Waals surface area contributed by atoms with Crippen LogP contribution in [0.4, 0.5) is 0 Å². The Morgan fingerprint density at radius 3 is 2.65 bits per heavy atom. The van der Waals surface area contributed by atoms with Crippen LogP contribution in [0.3, 0.4) is 0 Å². The number of hydrogen-bond donors (Lipinski definition) is 1. The minimum atomic E-state index is -0.0566. The Labute approximate surface area is 138 Å². The summed E-state index contributed by atoms with van der Waals surface area (Å²) in [4.78, 5) is 25.6. The lowest BCUT2D eigenvalue weighted by Crippen LogP contribution is -2.35. The van der Waals surface area contributed by atoms with E-state index >= 15 is 0 Å². The molecular weight excluding hydrogens is 292 g/mol. The second-order valence-corrected chi connectivity index (χ2v) is 6.17. The number of hydrogen-bond acceptors (Lipinski definition) is 3. The first-order valence-corrected chi connectivity index (χ1v) is 8.21. The molecule has 5 nitrogen and oxygen atoms in total. The van der Waals surface area contributed by atoms with Crippen molar-refractivity contribution in [3.8, 4) is 0 Å². The predicted octanol–water partition coefficient (Wildman–Crippen LogP) is 2.21. The van der Waals surface area contributed by atoms with Crippen molar-refractivity contribution in [3.63, 3.8) is 0 Å². The number of likely N-dealkylation sites (tertiary alicyclic amines) is 1. The fourth-order valence-corrected chi connectivity index (χ4v) is 2.96. The van der Waals surface area contributed by atoms with Crippen LogP contribution in [0.5, 0.6) is 0 Å². The number of ether oxygens (including phenoxy) is 1. The van der Waals surface area contributed by atoms with Crippen LogP contribution in [0.1, 0.15) is 42.1 Å². The van der Waals surface area contributed by atoms with Crippen molar-refractivity contribution in [2.24, 2.45) is 5.92 Å². The van der Waals surface area contributed by atoms with E-state index in [9.17, 15) is 9.59 Å². The summed E-state index contributed by atoms with van der Waals surface area (Å²) in [6.07, 6.45) is 3.31. The van der Waals surface area contributed by atoms with Gasteiger partial charge in [0.25, 0.3) is 5.91 Å². The van der Waals surface area contributed by atoms with E-state index < -0.39 is 0 Å². The number of methoxy groups -OCH3 is 1. The largest absolute Gasteiger partial charge is 0.384 e. The third kappa shape index (κ3) is 5.36. The van der Waals surface area contributed by atoms with Crippen molar-refractivity contribution in [2.45, 2.75) is 32.7 Å². The highest BCUT2D eigenvalue weighted by atomic mass is 16.5. The van der Waals surface area contributed by atoms with E-state index in [1.54, 1.807) is 7.11 Å². The van der Waals surface area contributed by atoms with Gasteiger partial charge < -0.3 is 15.0 Å². The van der Waals surface area contributed by atoms with Crippen molar-refractivity contribution in [3.05, 3.63) is 35.4 Å². The zero-order valence-electron chi connectivity index (χ0n) is 14.0. The molecule has 0 radical (unpaired) electrons. The minimum absolute atomic E-state index is 0.0566. The first-order chi connectivity index (χ1) is 11.1. The van der Waals surface area contributed by atoms with E-state index in [0.717, 1.165) is 37.9 Å². The van der Waals surface area contributed by atoms with Crippen LogP contribution in [0, 0.1) is 5.92 Å². The Morgan fingerprint density at radius 1 is 1.26 bits per heavy atom. The Kier molecular flexibility index (Phi) is 6.59. The molecule has 1 aromatic rings. The van der Waals surface area contributed by atoms with Crippen molar-refractivity contribution >= 4 is 11.8 Å². The van der Waals surface area contributed by atoms with Gasteiger partial charge in [0, 0.05) is 39.2 Å². The SMILES string of the molecule is COCC1CCCCN(C(=O)c2ccc(CNC(C)=O)cc2)C1. The van der Waals surface area contributed by atoms with Crippen molar-refractivity contribution in [1.29, 1.82) is 0 Å². The maximum absolute atomic E-state index is 12.7. The molecule has 1 aromatic carbocycles. The molecule has 0 bridgehead atoms. The summed E-state index contributed by atoms with van der Waals surface area (Å²) in [6, 6.07) is 7.48. The zero-order valence-corrected chi connectivity index (χ0v) is 14.0. The maximum Gasteiger partial charge on any atom is 0.253 e. The third-order valence-electron chi connectivity index (χ3n) is 4.20. The molecule has 126 valence electrons. The van der Waals surface area contributed by atoms with E-state index in [4.69, 9.17) is 4.74 Å². The number of carbonyl (C=O) groups excluding carboxylic acids is 2. The van der Waals surface area contributed by atoms with Crippen LogP contribution < -0.4 is 5.32 Å². The summed E-state index contributed by atoms with van der Waals surface area (Å²) in [5.41, 5.74) is 1.69. The summed E-state index contributed by atoms with van der Waals surface area (Å²) in [7, 11) is 1.71. The van der Waals surface area contributed by atoms with Crippen LogP contribution in [0.2, 0.25) is 0 Å². The van der Waals surface area contributed by atoms with Gasteiger partial charge in [-0.2, -0.15) is 0 Å². The van der Waals surface area contributed by atoms with Gasteiger partial charge in [-0.1, -0.05) is 18.6 Å². The van der Waals surface area contributed by atoms with Gasteiger partial charge in [-0.15, -0.1) is 0 Å². The summed E-state index contributed by atoms with van der Waals surface area (Å²) in [5, 5.41) is 2.75. The number of nitrogens with one attached hydrogen (secondary N) is 1. The Balaban J connectivity index is 1.99. The molecular formula is C18H26N2O3. The second kappa shape index (κ2) is 8.67. The lowest BCUT2D eigenvalue weighted by molar-refractivity contribution is -0.119. The monoisotopic (exact) mass is 318 g/mol. The second-order valence-electron chi connectivity index (χ2n) is 6.17. The summed E-state index contributed by atoms with van der Waals surface area (Å²) in [5.74, 6) is 0.448. The number of rotatable bonds is 5. The van der Waals surface area contributed by atoms with Gasteiger partial charge >= 0.3 is 0 Å². The minimum Gasteiger partial charge on any atom is -0.384 e. The van der Waals surface area contributed by atoms with E-state index in [1.807, 2.05) is 29.2 Å². The first kappa shape index (κ1) is 17.5. The smallest absolute Gasteiger partial charge is 0.253 e. The van der Waals surface area contributed by atoms with Gasteiger partial charge in [0.05, 0.1) is 6.61 Å². The average molecular weight is 318 g/mol. The molecule has 2 amide bonds. The van der Waals surface area contributed by atoms with Crippen LogP contribution in [0.25, 0.3) is 0 Å². The normalized spacial score (nSPS) is 18.3. The molecule has 1 heterocycles. The van der Waals surface area contributed by atoms with Gasteiger partial charge in [0.1, 0.15) is 0 Å². The van der Waals surface area contributed by atoms with E-state index in [0.29, 0.717) is 24.6 Å². The molecule has 2 rings (SSSR count). The Morgan fingerprint density at radius 2 is 2.00 bits per heavy atom. The fraction of sp³-hybridized carbons (Fsp3) is 0.556. The Hall–Kier alpha value is -1.88. The lowest BCUT2D eigenvalue weighted by atomic mass is 10.0. The number of amides is 2. The van der Waals surface area contributed by atoms with Crippen LogP contribution in [-0.4, -0.2) is 43.5 Å². The molecule has 1 fully saturated rings. The molecule has 1 atom stereocenters. The summed E-state index contributed by atoms with van der Waals surface area (Å²) >= 11 is 0. The van der Waals surface area contributed by atoms with Crippen molar-refractivity contribution in [2.75, 3.05) is 26.8 Å². The molecule has 5 heteroatoms. The molecule has 1 saturated heterocycles. The topological polar surface area (TPSA) is 58.6 Å². The van der Waals surface area contributed by atoms with Gasteiger partial charge in [-0.05, 0) is 36.5 Å². The first-order valence-electron chi connectivity index (χ1n) is 8.21. The maximum atomic E-state index is 12.7.